The van der Waals surface area contributed by atoms with E-state index in [9.17, 15) is 18.3 Å². The molecule has 1 fully saturated rings. The predicted molar refractivity (Wildman–Crippen MR) is 51.2 cm³/mol. The van der Waals surface area contributed by atoms with Gasteiger partial charge >= 0.3 is 6.18 Å². The average Bonchev–Trinajstić information content (AvgIpc) is 2.15. The summed E-state index contributed by atoms with van der Waals surface area (Å²) in [5, 5.41) is 10.1. The Morgan fingerprint density at radius 3 is 2.20 bits per heavy atom. The van der Waals surface area contributed by atoms with Crippen LogP contribution in [0.4, 0.5) is 13.2 Å². The van der Waals surface area contributed by atoms with Gasteiger partial charge in [0.1, 0.15) is 0 Å². The van der Waals surface area contributed by atoms with Gasteiger partial charge in [-0.25, -0.2) is 0 Å². The normalized spacial score (nSPS) is 35.2. The third-order valence-corrected chi connectivity index (χ3v) is 3.59. The Labute approximate surface area is 87.6 Å². The molecule has 1 atom stereocenters. The fraction of sp³-hybridized carbons (Fsp3) is 1.00. The van der Waals surface area contributed by atoms with Crippen molar-refractivity contribution in [3.63, 3.8) is 0 Å². The Kier molecular flexibility index (Phi) is 3.66. The molecule has 0 aromatic heterocycles. The lowest BCUT2D eigenvalue weighted by molar-refractivity contribution is -0.195. The fourth-order valence-electron chi connectivity index (χ4n) is 2.16. The SMILES string of the molecule is CC(CN)C1(O)CCC(C(F)(F)F)CC1. The molecule has 5 heteroatoms. The molecule has 3 N–H and O–H groups in total. The third-order valence-electron chi connectivity index (χ3n) is 3.59. The van der Waals surface area contributed by atoms with Crippen molar-refractivity contribution in [2.24, 2.45) is 17.6 Å². The fourth-order valence-corrected chi connectivity index (χ4v) is 2.16. The number of nitrogens with two attached hydrogens (primary N) is 1. The van der Waals surface area contributed by atoms with E-state index in [0.717, 1.165) is 0 Å². The van der Waals surface area contributed by atoms with Crippen molar-refractivity contribution in [1.29, 1.82) is 0 Å². The number of hydrogen-bond acceptors (Lipinski definition) is 2. The van der Waals surface area contributed by atoms with Gasteiger partial charge in [-0.15, -0.1) is 0 Å². The zero-order valence-corrected chi connectivity index (χ0v) is 8.85. The van der Waals surface area contributed by atoms with Crippen LogP contribution in [0.2, 0.25) is 0 Å². The van der Waals surface area contributed by atoms with E-state index in [1.165, 1.54) is 0 Å². The molecule has 90 valence electrons. The van der Waals surface area contributed by atoms with Crippen molar-refractivity contribution < 1.29 is 18.3 Å². The molecule has 1 saturated carbocycles. The van der Waals surface area contributed by atoms with Gasteiger partial charge < -0.3 is 10.8 Å². The molecule has 0 radical (unpaired) electrons. The molecule has 0 bridgehead atoms. The second-order valence-electron chi connectivity index (χ2n) is 4.56. The minimum atomic E-state index is -4.12. The second-order valence-corrected chi connectivity index (χ2v) is 4.56. The molecule has 0 saturated heterocycles. The van der Waals surface area contributed by atoms with Crippen LogP contribution >= 0.6 is 0 Å². The van der Waals surface area contributed by atoms with Crippen LogP contribution in [0.15, 0.2) is 0 Å². The summed E-state index contributed by atoms with van der Waals surface area (Å²) < 4.78 is 37.1. The van der Waals surface area contributed by atoms with E-state index in [2.05, 4.69) is 0 Å². The molecule has 1 unspecified atom stereocenters. The van der Waals surface area contributed by atoms with Crippen molar-refractivity contribution in [3.8, 4) is 0 Å². The van der Waals surface area contributed by atoms with Crippen LogP contribution < -0.4 is 5.73 Å². The molecule has 2 nitrogen and oxygen atoms in total. The monoisotopic (exact) mass is 225 g/mol. The van der Waals surface area contributed by atoms with E-state index in [-0.39, 0.29) is 31.6 Å². The quantitative estimate of drug-likeness (QED) is 0.755. The van der Waals surface area contributed by atoms with Crippen molar-refractivity contribution in [2.75, 3.05) is 6.54 Å². The number of hydrogen-bond donors (Lipinski definition) is 2. The van der Waals surface area contributed by atoms with Crippen LogP contribution in [-0.4, -0.2) is 23.4 Å². The Morgan fingerprint density at radius 2 is 1.87 bits per heavy atom. The molecule has 0 aliphatic heterocycles. The molecular formula is C10H18F3NO. The van der Waals surface area contributed by atoms with Gasteiger partial charge in [-0.2, -0.15) is 13.2 Å². The Hall–Kier alpha value is -0.290. The van der Waals surface area contributed by atoms with Gasteiger partial charge in [-0.05, 0) is 38.1 Å². The van der Waals surface area contributed by atoms with Crippen LogP contribution in [0.3, 0.4) is 0 Å². The van der Waals surface area contributed by atoms with Crippen LogP contribution in [0.1, 0.15) is 32.6 Å². The zero-order chi connectivity index (χ0) is 11.7. The Morgan fingerprint density at radius 1 is 1.40 bits per heavy atom. The Bertz CT molecular complexity index is 209. The van der Waals surface area contributed by atoms with Gasteiger partial charge in [0.15, 0.2) is 0 Å². The van der Waals surface area contributed by atoms with Gasteiger partial charge in [0.05, 0.1) is 11.5 Å². The number of halogens is 3. The van der Waals surface area contributed by atoms with Crippen molar-refractivity contribution >= 4 is 0 Å². The van der Waals surface area contributed by atoms with Crippen molar-refractivity contribution in [3.05, 3.63) is 0 Å². The highest BCUT2D eigenvalue weighted by Gasteiger charge is 2.46. The number of rotatable bonds is 2. The lowest BCUT2D eigenvalue weighted by Gasteiger charge is -2.40. The standard InChI is InChI=1S/C10H18F3NO/c1-7(6-14)9(15)4-2-8(3-5-9)10(11,12)13/h7-8,15H,2-6,14H2,1H3. The van der Waals surface area contributed by atoms with E-state index in [4.69, 9.17) is 5.73 Å². The minimum Gasteiger partial charge on any atom is -0.390 e. The van der Waals surface area contributed by atoms with E-state index in [1.807, 2.05) is 0 Å². The highest BCUT2D eigenvalue weighted by Crippen LogP contribution is 2.43. The molecule has 1 aliphatic carbocycles. The summed E-state index contributed by atoms with van der Waals surface area (Å²) in [5.74, 6) is -1.38. The van der Waals surface area contributed by atoms with Crippen molar-refractivity contribution in [2.45, 2.75) is 44.4 Å². The maximum atomic E-state index is 12.4. The van der Waals surface area contributed by atoms with Gasteiger partial charge in [-0.1, -0.05) is 6.92 Å². The summed E-state index contributed by atoms with van der Waals surface area (Å²) in [5.41, 5.74) is 4.44. The first-order valence-electron chi connectivity index (χ1n) is 5.29. The smallest absolute Gasteiger partial charge is 0.390 e. The lowest BCUT2D eigenvalue weighted by atomic mass is 9.72. The first kappa shape index (κ1) is 12.8. The molecule has 15 heavy (non-hydrogen) atoms. The highest BCUT2D eigenvalue weighted by atomic mass is 19.4. The van der Waals surface area contributed by atoms with Gasteiger partial charge in [-0.3, -0.25) is 0 Å². The highest BCUT2D eigenvalue weighted by molar-refractivity contribution is 4.91. The van der Waals surface area contributed by atoms with Gasteiger partial charge in [0.25, 0.3) is 0 Å². The summed E-state index contributed by atoms with van der Waals surface area (Å²) in [6, 6.07) is 0. The topological polar surface area (TPSA) is 46.2 Å². The predicted octanol–water partition coefficient (Wildman–Crippen LogP) is 2.06. The van der Waals surface area contributed by atoms with Gasteiger partial charge in [0, 0.05) is 0 Å². The van der Waals surface area contributed by atoms with E-state index < -0.39 is 17.7 Å². The average molecular weight is 225 g/mol. The van der Waals surface area contributed by atoms with E-state index in [1.54, 1.807) is 6.92 Å². The second kappa shape index (κ2) is 4.29. The molecule has 1 aliphatic rings. The minimum absolute atomic E-state index is 0.0182. The lowest BCUT2D eigenvalue weighted by Crippen LogP contribution is -2.45. The molecular weight excluding hydrogens is 207 g/mol. The van der Waals surface area contributed by atoms with Crippen LogP contribution in [0, 0.1) is 11.8 Å². The van der Waals surface area contributed by atoms with Gasteiger partial charge in [0.2, 0.25) is 0 Å². The maximum absolute atomic E-state index is 12.4. The third kappa shape index (κ3) is 2.84. The number of alkyl halides is 3. The van der Waals surface area contributed by atoms with E-state index >= 15 is 0 Å². The maximum Gasteiger partial charge on any atom is 0.391 e. The summed E-state index contributed by atoms with van der Waals surface area (Å²) in [4.78, 5) is 0. The molecule has 0 spiro atoms. The summed E-state index contributed by atoms with van der Waals surface area (Å²) in [6.07, 6.45) is -3.67. The van der Waals surface area contributed by atoms with Crippen LogP contribution in [0.25, 0.3) is 0 Å². The zero-order valence-electron chi connectivity index (χ0n) is 8.85. The molecule has 0 aromatic rings. The molecule has 1 rings (SSSR count). The van der Waals surface area contributed by atoms with E-state index in [0.29, 0.717) is 6.54 Å². The summed E-state index contributed by atoms with van der Waals surface area (Å²) in [6.45, 7) is 2.10. The molecule has 0 amide bonds. The molecule has 0 heterocycles. The first-order chi connectivity index (χ1) is 6.79. The Balaban J connectivity index is 2.55. The largest absolute Gasteiger partial charge is 0.391 e. The van der Waals surface area contributed by atoms with Crippen molar-refractivity contribution in [1.82, 2.24) is 0 Å². The molecule has 0 aromatic carbocycles. The summed E-state index contributed by atoms with van der Waals surface area (Å²) in [7, 11) is 0. The summed E-state index contributed by atoms with van der Waals surface area (Å²) >= 11 is 0. The van der Waals surface area contributed by atoms with Crippen LogP contribution in [-0.2, 0) is 0 Å². The van der Waals surface area contributed by atoms with Crippen LogP contribution in [0.5, 0.6) is 0 Å². The first-order valence-corrected chi connectivity index (χ1v) is 5.29. The number of aliphatic hydroxyl groups is 1.